The van der Waals surface area contributed by atoms with Crippen molar-refractivity contribution in [3.63, 3.8) is 0 Å². The van der Waals surface area contributed by atoms with E-state index in [0.717, 1.165) is 25.3 Å². The molecule has 0 radical (unpaired) electrons. The number of carbonyl (C=O) groups excluding carboxylic acids is 1. The normalized spacial score (nSPS) is 25.8. The summed E-state index contributed by atoms with van der Waals surface area (Å²) in [4.78, 5) is 13.4. The highest BCUT2D eigenvalue weighted by Gasteiger charge is 2.24. The lowest BCUT2D eigenvalue weighted by Crippen LogP contribution is -2.48. The highest BCUT2D eigenvalue weighted by atomic mass is 32.2. The number of nitrogens with two attached hydrogens (primary N) is 1. The first kappa shape index (κ1) is 10.9. The molecule has 2 atom stereocenters. The number of rotatable bonds is 2. The van der Waals surface area contributed by atoms with Gasteiger partial charge in [-0.15, -0.1) is 0 Å². The SMILES string of the molecule is CCC1CN(C(=O)C(C)N)CCS1. The molecule has 4 heteroatoms. The van der Waals surface area contributed by atoms with Crippen molar-refractivity contribution in [1.29, 1.82) is 0 Å². The van der Waals surface area contributed by atoms with Crippen LogP contribution in [0.4, 0.5) is 0 Å². The van der Waals surface area contributed by atoms with Gasteiger partial charge in [0.15, 0.2) is 0 Å². The van der Waals surface area contributed by atoms with E-state index in [9.17, 15) is 4.79 Å². The molecule has 0 aromatic rings. The minimum Gasteiger partial charge on any atom is -0.339 e. The minimum atomic E-state index is -0.347. The fraction of sp³-hybridized carbons (Fsp3) is 0.889. The van der Waals surface area contributed by atoms with Crippen molar-refractivity contribution in [2.75, 3.05) is 18.8 Å². The van der Waals surface area contributed by atoms with Gasteiger partial charge in [0, 0.05) is 24.1 Å². The zero-order valence-corrected chi connectivity index (χ0v) is 9.14. The molecule has 0 bridgehead atoms. The number of hydrogen-bond donors (Lipinski definition) is 1. The minimum absolute atomic E-state index is 0.0961. The van der Waals surface area contributed by atoms with Crippen LogP contribution in [0.2, 0.25) is 0 Å². The maximum atomic E-state index is 11.6. The maximum absolute atomic E-state index is 11.6. The van der Waals surface area contributed by atoms with Crippen LogP contribution in [0.1, 0.15) is 20.3 Å². The molecule has 1 rings (SSSR count). The highest BCUT2D eigenvalue weighted by Crippen LogP contribution is 2.21. The molecular formula is C9H18N2OS. The third kappa shape index (κ3) is 2.88. The Morgan fingerprint density at radius 2 is 2.46 bits per heavy atom. The first-order valence-electron chi connectivity index (χ1n) is 4.81. The summed E-state index contributed by atoms with van der Waals surface area (Å²) >= 11 is 1.96. The number of carbonyl (C=O) groups is 1. The molecule has 2 unspecified atom stereocenters. The summed E-state index contributed by atoms with van der Waals surface area (Å²) in [7, 11) is 0. The Hall–Kier alpha value is -0.220. The Balaban J connectivity index is 2.46. The van der Waals surface area contributed by atoms with Gasteiger partial charge in [-0.2, -0.15) is 11.8 Å². The van der Waals surface area contributed by atoms with Crippen LogP contribution in [0.15, 0.2) is 0 Å². The molecule has 1 heterocycles. The molecule has 0 spiro atoms. The molecular weight excluding hydrogens is 184 g/mol. The van der Waals surface area contributed by atoms with Crippen molar-refractivity contribution in [2.45, 2.75) is 31.6 Å². The Morgan fingerprint density at radius 1 is 1.77 bits per heavy atom. The summed E-state index contributed by atoms with van der Waals surface area (Å²) in [5.41, 5.74) is 5.56. The van der Waals surface area contributed by atoms with E-state index >= 15 is 0 Å². The summed E-state index contributed by atoms with van der Waals surface area (Å²) in [6.07, 6.45) is 1.13. The van der Waals surface area contributed by atoms with Crippen LogP contribution >= 0.6 is 11.8 Å². The van der Waals surface area contributed by atoms with E-state index in [1.165, 1.54) is 0 Å². The fourth-order valence-corrected chi connectivity index (χ4v) is 2.63. The van der Waals surface area contributed by atoms with E-state index in [1.54, 1.807) is 6.92 Å². The van der Waals surface area contributed by atoms with Crippen LogP contribution in [-0.4, -0.2) is 40.9 Å². The number of amides is 1. The van der Waals surface area contributed by atoms with Gasteiger partial charge in [0.2, 0.25) is 5.91 Å². The van der Waals surface area contributed by atoms with Gasteiger partial charge < -0.3 is 10.6 Å². The third-order valence-electron chi connectivity index (χ3n) is 2.30. The number of thioether (sulfide) groups is 1. The van der Waals surface area contributed by atoms with Gasteiger partial charge in [0.1, 0.15) is 0 Å². The van der Waals surface area contributed by atoms with Crippen molar-refractivity contribution >= 4 is 17.7 Å². The van der Waals surface area contributed by atoms with Crippen LogP contribution in [-0.2, 0) is 4.79 Å². The molecule has 13 heavy (non-hydrogen) atoms. The van der Waals surface area contributed by atoms with Crippen LogP contribution in [0.3, 0.4) is 0 Å². The molecule has 1 amide bonds. The zero-order valence-electron chi connectivity index (χ0n) is 8.32. The molecule has 0 aliphatic carbocycles. The fourth-order valence-electron chi connectivity index (χ4n) is 1.45. The lowest BCUT2D eigenvalue weighted by Gasteiger charge is -2.32. The van der Waals surface area contributed by atoms with E-state index in [2.05, 4.69) is 6.92 Å². The first-order valence-corrected chi connectivity index (χ1v) is 5.86. The monoisotopic (exact) mass is 202 g/mol. The topological polar surface area (TPSA) is 46.3 Å². The van der Waals surface area contributed by atoms with E-state index < -0.39 is 0 Å². The second-order valence-electron chi connectivity index (χ2n) is 3.47. The van der Waals surface area contributed by atoms with E-state index in [1.807, 2.05) is 16.7 Å². The summed E-state index contributed by atoms with van der Waals surface area (Å²) in [5, 5.41) is 0.608. The van der Waals surface area contributed by atoms with Gasteiger partial charge in [-0.25, -0.2) is 0 Å². The van der Waals surface area contributed by atoms with Crippen molar-refractivity contribution in [2.24, 2.45) is 5.73 Å². The quantitative estimate of drug-likeness (QED) is 0.716. The smallest absolute Gasteiger partial charge is 0.239 e. The van der Waals surface area contributed by atoms with Gasteiger partial charge >= 0.3 is 0 Å². The Kier molecular flexibility index (Phi) is 4.06. The second kappa shape index (κ2) is 4.86. The van der Waals surface area contributed by atoms with Crippen molar-refractivity contribution in [3.05, 3.63) is 0 Å². The van der Waals surface area contributed by atoms with Gasteiger partial charge in [-0.3, -0.25) is 4.79 Å². The maximum Gasteiger partial charge on any atom is 0.239 e. The van der Waals surface area contributed by atoms with Crippen LogP contribution in [0.5, 0.6) is 0 Å². The molecule has 2 N–H and O–H groups in total. The summed E-state index contributed by atoms with van der Waals surface area (Å²) < 4.78 is 0. The van der Waals surface area contributed by atoms with Gasteiger partial charge in [-0.1, -0.05) is 6.92 Å². The van der Waals surface area contributed by atoms with E-state index in [0.29, 0.717) is 5.25 Å². The lowest BCUT2D eigenvalue weighted by atomic mass is 10.2. The molecule has 76 valence electrons. The average molecular weight is 202 g/mol. The first-order chi connectivity index (χ1) is 6.15. The standard InChI is InChI=1S/C9H18N2OS/c1-3-8-6-11(4-5-13-8)9(12)7(2)10/h7-8H,3-6,10H2,1-2H3. The van der Waals surface area contributed by atoms with Crippen molar-refractivity contribution in [3.8, 4) is 0 Å². The molecule has 1 aliphatic rings. The Labute approximate surface area is 84.0 Å². The molecule has 1 aliphatic heterocycles. The summed E-state index contributed by atoms with van der Waals surface area (Å²) in [6, 6.07) is -0.347. The molecule has 0 aromatic heterocycles. The largest absolute Gasteiger partial charge is 0.339 e. The molecule has 0 aromatic carbocycles. The van der Waals surface area contributed by atoms with Crippen LogP contribution < -0.4 is 5.73 Å². The van der Waals surface area contributed by atoms with Crippen LogP contribution in [0, 0.1) is 0 Å². The molecule has 3 nitrogen and oxygen atoms in total. The Morgan fingerprint density at radius 3 is 3.00 bits per heavy atom. The lowest BCUT2D eigenvalue weighted by molar-refractivity contribution is -0.132. The van der Waals surface area contributed by atoms with Gasteiger partial charge in [-0.05, 0) is 13.3 Å². The molecule has 0 saturated carbocycles. The summed E-state index contributed by atoms with van der Waals surface area (Å²) in [6.45, 7) is 5.66. The average Bonchev–Trinajstić information content (AvgIpc) is 2.16. The molecule has 1 saturated heterocycles. The summed E-state index contributed by atoms with van der Waals surface area (Å²) in [5.74, 6) is 1.15. The predicted octanol–water partition coefficient (Wildman–Crippen LogP) is 0.688. The third-order valence-corrected chi connectivity index (χ3v) is 3.67. The Bertz CT molecular complexity index is 184. The van der Waals surface area contributed by atoms with Crippen molar-refractivity contribution < 1.29 is 4.79 Å². The van der Waals surface area contributed by atoms with Gasteiger partial charge in [0.05, 0.1) is 6.04 Å². The van der Waals surface area contributed by atoms with E-state index in [-0.39, 0.29) is 11.9 Å². The second-order valence-corrected chi connectivity index (χ2v) is 4.88. The number of hydrogen-bond acceptors (Lipinski definition) is 3. The number of nitrogens with zero attached hydrogens (tertiary/aromatic N) is 1. The zero-order chi connectivity index (χ0) is 9.84. The highest BCUT2D eigenvalue weighted by molar-refractivity contribution is 8.00. The van der Waals surface area contributed by atoms with Crippen molar-refractivity contribution in [1.82, 2.24) is 4.90 Å². The molecule has 1 fully saturated rings. The van der Waals surface area contributed by atoms with Gasteiger partial charge in [0.25, 0.3) is 0 Å². The predicted molar refractivity (Wildman–Crippen MR) is 56.8 cm³/mol. The van der Waals surface area contributed by atoms with Crippen LogP contribution in [0.25, 0.3) is 0 Å². The van der Waals surface area contributed by atoms with E-state index in [4.69, 9.17) is 5.73 Å².